The first-order valence-corrected chi connectivity index (χ1v) is 8.36. The number of hydrogen-bond acceptors (Lipinski definition) is 1. The predicted molar refractivity (Wildman–Crippen MR) is 95.8 cm³/mol. The summed E-state index contributed by atoms with van der Waals surface area (Å²) in [5.41, 5.74) is 5.62. The van der Waals surface area contributed by atoms with Gasteiger partial charge in [-0.3, -0.25) is 4.79 Å². The summed E-state index contributed by atoms with van der Waals surface area (Å²) in [6.07, 6.45) is 4.75. The molecule has 1 aliphatic rings. The van der Waals surface area contributed by atoms with Gasteiger partial charge in [-0.2, -0.15) is 0 Å². The van der Waals surface area contributed by atoms with Crippen LogP contribution in [0.2, 0.25) is 0 Å². The standard InChI is InChI=1S/C21H23NO/c1-3-4-12-22-20(19-11-7-8-16(2)13-19)14-17-9-5-6-10-18(17)15-21(22)23/h5-11,13-14H,3-4,12,15H2,1-2H3. The highest BCUT2D eigenvalue weighted by Crippen LogP contribution is 2.29. The Morgan fingerprint density at radius 3 is 2.70 bits per heavy atom. The van der Waals surface area contributed by atoms with Crippen LogP contribution in [0.15, 0.2) is 48.5 Å². The number of carbonyl (C=O) groups is 1. The van der Waals surface area contributed by atoms with Gasteiger partial charge in [0.15, 0.2) is 0 Å². The molecule has 0 bridgehead atoms. The molecule has 2 nitrogen and oxygen atoms in total. The van der Waals surface area contributed by atoms with Crippen LogP contribution < -0.4 is 0 Å². The molecular weight excluding hydrogens is 282 g/mol. The van der Waals surface area contributed by atoms with Crippen LogP contribution in [0.1, 0.15) is 42.0 Å². The summed E-state index contributed by atoms with van der Waals surface area (Å²) in [6.45, 7) is 5.03. The maximum atomic E-state index is 12.8. The Morgan fingerprint density at radius 2 is 1.91 bits per heavy atom. The molecular formula is C21H23NO. The fraction of sp³-hybridized carbons (Fsp3) is 0.286. The van der Waals surface area contributed by atoms with Gasteiger partial charge in [0, 0.05) is 6.54 Å². The van der Waals surface area contributed by atoms with E-state index >= 15 is 0 Å². The molecule has 118 valence electrons. The first kappa shape index (κ1) is 15.5. The van der Waals surface area contributed by atoms with E-state index in [1.807, 2.05) is 17.0 Å². The number of carbonyl (C=O) groups excluding carboxylic acids is 1. The molecule has 1 aliphatic heterocycles. The van der Waals surface area contributed by atoms with E-state index < -0.39 is 0 Å². The zero-order valence-electron chi connectivity index (χ0n) is 13.9. The van der Waals surface area contributed by atoms with E-state index in [1.165, 1.54) is 5.56 Å². The molecule has 2 aromatic carbocycles. The van der Waals surface area contributed by atoms with Crippen molar-refractivity contribution in [1.82, 2.24) is 4.90 Å². The quantitative estimate of drug-likeness (QED) is 0.803. The van der Waals surface area contributed by atoms with Gasteiger partial charge in [-0.15, -0.1) is 0 Å². The topological polar surface area (TPSA) is 20.3 Å². The second-order valence-corrected chi connectivity index (χ2v) is 6.17. The van der Waals surface area contributed by atoms with Crippen LogP contribution in [0.5, 0.6) is 0 Å². The van der Waals surface area contributed by atoms with E-state index in [2.05, 4.69) is 56.3 Å². The summed E-state index contributed by atoms with van der Waals surface area (Å²) >= 11 is 0. The lowest BCUT2D eigenvalue weighted by atomic mass is 10.0. The highest BCUT2D eigenvalue weighted by molar-refractivity contribution is 5.96. The van der Waals surface area contributed by atoms with Gasteiger partial charge >= 0.3 is 0 Å². The summed E-state index contributed by atoms with van der Waals surface area (Å²) in [5, 5.41) is 0. The van der Waals surface area contributed by atoms with Crippen molar-refractivity contribution in [3.63, 3.8) is 0 Å². The fourth-order valence-electron chi connectivity index (χ4n) is 3.06. The third kappa shape index (κ3) is 3.37. The molecule has 0 spiro atoms. The van der Waals surface area contributed by atoms with Crippen LogP contribution in [-0.2, 0) is 11.2 Å². The van der Waals surface area contributed by atoms with Crippen molar-refractivity contribution >= 4 is 17.7 Å². The Balaban J connectivity index is 2.11. The number of benzene rings is 2. The lowest BCUT2D eigenvalue weighted by Crippen LogP contribution is -2.30. The number of fused-ring (bicyclic) bond motifs is 1. The monoisotopic (exact) mass is 305 g/mol. The fourth-order valence-corrected chi connectivity index (χ4v) is 3.06. The van der Waals surface area contributed by atoms with Gasteiger partial charge in [-0.25, -0.2) is 0 Å². The van der Waals surface area contributed by atoms with Crippen molar-refractivity contribution in [1.29, 1.82) is 0 Å². The van der Waals surface area contributed by atoms with Gasteiger partial charge in [-0.1, -0.05) is 61.4 Å². The molecule has 23 heavy (non-hydrogen) atoms. The molecule has 1 amide bonds. The zero-order valence-corrected chi connectivity index (χ0v) is 13.9. The van der Waals surface area contributed by atoms with Crippen molar-refractivity contribution in [2.75, 3.05) is 6.54 Å². The maximum Gasteiger partial charge on any atom is 0.231 e. The highest BCUT2D eigenvalue weighted by atomic mass is 16.2. The molecule has 0 atom stereocenters. The summed E-state index contributed by atoms with van der Waals surface area (Å²) in [5.74, 6) is 0.191. The molecule has 0 radical (unpaired) electrons. The molecule has 3 rings (SSSR count). The smallest absolute Gasteiger partial charge is 0.231 e. The van der Waals surface area contributed by atoms with Crippen LogP contribution in [-0.4, -0.2) is 17.4 Å². The first-order chi connectivity index (χ1) is 11.2. The van der Waals surface area contributed by atoms with Crippen molar-refractivity contribution < 1.29 is 4.79 Å². The molecule has 2 aromatic rings. The molecule has 0 unspecified atom stereocenters. The van der Waals surface area contributed by atoms with Crippen molar-refractivity contribution in [2.24, 2.45) is 0 Å². The van der Waals surface area contributed by atoms with Crippen LogP contribution in [0.25, 0.3) is 11.8 Å². The molecule has 2 heteroatoms. The molecule has 0 aliphatic carbocycles. The largest absolute Gasteiger partial charge is 0.312 e. The minimum atomic E-state index is 0.191. The third-order valence-corrected chi connectivity index (χ3v) is 4.33. The van der Waals surface area contributed by atoms with E-state index in [0.717, 1.165) is 41.8 Å². The van der Waals surface area contributed by atoms with Gasteiger partial charge in [0.05, 0.1) is 12.1 Å². The predicted octanol–water partition coefficient (Wildman–Crippen LogP) is 4.68. The minimum Gasteiger partial charge on any atom is -0.312 e. The number of hydrogen-bond donors (Lipinski definition) is 0. The zero-order chi connectivity index (χ0) is 16.2. The number of unbranched alkanes of at least 4 members (excludes halogenated alkanes) is 1. The van der Waals surface area contributed by atoms with E-state index in [1.54, 1.807) is 0 Å². The van der Waals surface area contributed by atoms with Gasteiger partial charge in [-0.05, 0) is 42.2 Å². The minimum absolute atomic E-state index is 0.191. The molecule has 0 saturated carbocycles. The van der Waals surface area contributed by atoms with Gasteiger partial charge in [0.25, 0.3) is 0 Å². The maximum absolute atomic E-state index is 12.8. The molecule has 0 saturated heterocycles. The number of amides is 1. The second-order valence-electron chi connectivity index (χ2n) is 6.17. The first-order valence-electron chi connectivity index (χ1n) is 8.36. The van der Waals surface area contributed by atoms with Crippen LogP contribution in [0.4, 0.5) is 0 Å². The summed E-state index contributed by atoms with van der Waals surface area (Å²) in [4.78, 5) is 14.8. The van der Waals surface area contributed by atoms with Crippen molar-refractivity contribution in [3.8, 4) is 0 Å². The Morgan fingerprint density at radius 1 is 1.09 bits per heavy atom. The lowest BCUT2D eigenvalue weighted by Gasteiger charge is -2.25. The van der Waals surface area contributed by atoms with Crippen molar-refractivity contribution in [2.45, 2.75) is 33.1 Å². The van der Waals surface area contributed by atoms with Crippen LogP contribution >= 0.6 is 0 Å². The van der Waals surface area contributed by atoms with Gasteiger partial charge in [0.1, 0.15) is 0 Å². The lowest BCUT2D eigenvalue weighted by molar-refractivity contribution is -0.127. The van der Waals surface area contributed by atoms with Crippen LogP contribution in [0.3, 0.4) is 0 Å². The normalized spacial score (nSPS) is 14.3. The second kappa shape index (κ2) is 6.82. The van der Waals surface area contributed by atoms with E-state index in [9.17, 15) is 4.79 Å². The van der Waals surface area contributed by atoms with Crippen LogP contribution in [0, 0.1) is 6.92 Å². The Labute approximate surface area is 138 Å². The number of rotatable bonds is 4. The number of nitrogens with zero attached hydrogens (tertiary/aromatic N) is 1. The molecule has 0 aromatic heterocycles. The van der Waals surface area contributed by atoms with Gasteiger partial charge in [0.2, 0.25) is 5.91 Å². The molecule has 0 fully saturated rings. The van der Waals surface area contributed by atoms with E-state index in [0.29, 0.717) is 6.42 Å². The van der Waals surface area contributed by atoms with Gasteiger partial charge < -0.3 is 4.90 Å². The van der Waals surface area contributed by atoms with E-state index in [-0.39, 0.29) is 5.91 Å². The summed E-state index contributed by atoms with van der Waals surface area (Å²) < 4.78 is 0. The number of aryl methyl sites for hydroxylation is 1. The summed E-state index contributed by atoms with van der Waals surface area (Å²) in [7, 11) is 0. The Kier molecular flexibility index (Phi) is 4.61. The Hall–Kier alpha value is -2.35. The van der Waals surface area contributed by atoms with E-state index in [4.69, 9.17) is 0 Å². The molecule has 0 N–H and O–H groups in total. The van der Waals surface area contributed by atoms with Crippen molar-refractivity contribution in [3.05, 3.63) is 70.8 Å². The average Bonchev–Trinajstić information content (AvgIpc) is 2.69. The Bertz CT molecular complexity index is 745. The third-order valence-electron chi connectivity index (χ3n) is 4.33. The summed E-state index contributed by atoms with van der Waals surface area (Å²) in [6, 6.07) is 16.6. The highest BCUT2D eigenvalue weighted by Gasteiger charge is 2.23. The SMILES string of the molecule is CCCCN1C(=O)Cc2ccccc2C=C1c1cccc(C)c1. The average molecular weight is 305 g/mol. The molecule has 1 heterocycles.